The molecule has 0 unspecified atom stereocenters. The van der Waals surface area contributed by atoms with Gasteiger partial charge in [-0.2, -0.15) is 17.9 Å². The Morgan fingerprint density at radius 3 is 2.40 bits per heavy atom. The van der Waals surface area contributed by atoms with Crippen molar-refractivity contribution in [2.75, 3.05) is 0 Å². The van der Waals surface area contributed by atoms with Crippen molar-refractivity contribution in [2.24, 2.45) is 0 Å². The Morgan fingerprint density at radius 1 is 1.05 bits per heavy atom. The van der Waals surface area contributed by atoms with E-state index >= 15 is 0 Å². The summed E-state index contributed by atoms with van der Waals surface area (Å²) in [5, 5.41) is 12.2. The highest BCUT2D eigenvalue weighted by atomic mass is 35.5. The lowest BCUT2D eigenvalue weighted by molar-refractivity contribution is -0.354. The highest BCUT2D eigenvalue weighted by Crippen LogP contribution is 2.31. The fourth-order valence-electron chi connectivity index (χ4n) is 1.60. The lowest BCUT2D eigenvalue weighted by Gasteiger charge is -2.08. The van der Waals surface area contributed by atoms with Crippen LogP contribution in [-0.2, 0) is 6.18 Å². The highest BCUT2D eigenvalue weighted by molar-refractivity contribution is 6.32. The first-order valence-corrected chi connectivity index (χ1v) is 5.99. The quantitative estimate of drug-likeness (QED) is 0.344. The fraction of sp³-hybridized carbons (Fsp3) is 0.0714. The maximum Gasteiger partial charge on any atom is 0.416 e. The van der Waals surface area contributed by atoms with Crippen LogP contribution in [-0.4, -0.2) is 11.0 Å². The third-order valence-electron chi connectivity index (χ3n) is 2.59. The molecule has 0 saturated heterocycles. The Balaban J connectivity index is 2.39. The van der Waals surface area contributed by atoms with E-state index < -0.39 is 11.7 Å². The summed E-state index contributed by atoms with van der Waals surface area (Å²) in [5.41, 5.74) is -0.551. The zero-order chi connectivity index (χ0) is 14.8. The molecule has 6 heteroatoms. The standard InChI is InChI=1S/C14H9ClF3NO/c15-13-7-2-1-4-10(13)9-19(20)12-6-3-5-11(8-12)14(16,17)18/h1-9H. The van der Waals surface area contributed by atoms with Gasteiger partial charge in [0.25, 0.3) is 0 Å². The van der Waals surface area contributed by atoms with E-state index in [1.54, 1.807) is 24.3 Å². The molecular formula is C14H9ClF3NO. The van der Waals surface area contributed by atoms with Gasteiger partial charge in [0.2, 0.25) is 5.69 Å². The lowest BCUT2D eigenvalue weighted by atomic mass is 10.2. The van der Waals surface area contributed by atoms with Crippen molar-refractivity contribution in [3.63, 3.8) is 0 Å². The second-order valence-corrected chi connectivity index (χ2v) is 4.43. The molecule has 2 rings (SSSR count). The molecule has 0 amide bonds. The monoisotopic (exact) mass is 299 g/mol. The minimum Gasteiger partial charge on any atom is -0.618 e. The van der Waals surface area contributed by atoms with Crippen LogP contribution in [0.2, 0.25) is 5.02 Å². The van der Waals surface area contributed by atoms with Crippen molar-refractivity contribution in [3.8, 4) is 0 Å². The minimum absolute atomic E-state index is 0.111. The summed E-state index contributed by atoms with van der Waals surface area (Å²) in [6.45, 7) is 0. The largest absolute Gasteiger partial charge is 0.618 e. The molecule has 0 fully saturated rings. The molecule has 0 radical (unpaired) electrons. The van der Waals surface area contributed by atoms with Crippen LogP contribution in [0.25, 0.3) is 0 Å². The van der Waals surface area contributed by atoms with Crippen LogP contribution < -0.4 is 0 Å². The number of nitrogens with zero attached hydrogens (tertiary/aromatic N) is 1. The second kappa shape index (κ2) is 5.54. The number of alkyl halides is 3. The average molecular weight is 300 g/mol. The van der Waals surface area contributed by atoms with Gasteiger partial charge in [-0.15, -0.1) is 0 Å². The van der Waals surface area contributed by atoms with E-state index in [4.69, 9.17) is 11.6 Å². The van der Waals surface area contributed by atoms with Crippen LogP contribution in [0.3, 0.4) is 0 Å². The van der Waals surface area contributed by atoms with E-state index in [1.165, 1.54) is 12.1 Å². The van der Waals surface area contributed by atoms with Crippen molar-refractivity contribution in [3.05, 3.63) is 69.9 Å². The van der Waals surface area contributed by atoms with Crippen molar-refractivity contribution in [2.45, 2.75) is 6.18 Å². The van der Waals surface area contributed by atoms with Crippen molar-refractivity contribution >= 4 is 23.5 Å². The van der Waals surface area contributed by atoms with Gasteiger partial charge in [-0.1, -0.05) is 29.8 Å². The van der Waals surface area contributed by atoms with Gasteiger partial charge in [-0.05, 0) is 18.2 Å². The van der Waals surface area contributed by atoms with Gasteiger partial charge >= 0.3 is 6.18 Å². The molecule has 0 heterocycles. The molecule has 2 aromatic rings. The first-order chi connectivity index (χ1) is 9.38. The smallest absolute Gasteiger partial charge is 0.416 e. The predicted molar refractivity (Wildman–Crippen MR) is 71.3 cm³/mol. The number of benzene rings is 2. The van der Waals surface area contributed by atoms with Gasteiger partial charge in [-0.25, -0.2) is 0 Å². The first-order valence-electron chi connectivity index (χ1n) is 5.61. The molecule has 0 atom stereocenters. The summed E-state index contributed by atoms with van der Waals surface area (Å²) in [5.74, 6) is 0. The van der Waals surface area contributed by atoms with Crippen LogP contribution in [0, 0.1) is 5.21 Å². The van der Waals surface area contributed by atoms with Gasteiger partial charge in [0.15, 0.2) is 6.21 Å². The van der Waals surface area contributed by atoms with Gasteiger partial charge in [-0.3, -0.25) is 0 Å². The molecular weight excluding hydrogens is 291 g/mol. The first kappa shape index (κ1) is 14.4. The second-order valence-electron chi connectivity index (χ2n) is 4.02. The lowest BCUT2D eigenvalue weighted by Crippen LogP contribution is -2.06. The normalized spacial score (nSPS) is 12.5. The summed E-state index contributed by atoms with van der Waals surface area (Å²) < 4.78 is 38.1. The predicted octanol–water partition coefficient (Wildman–Crippen LogP) is 4.62. The van der Waals surface area contributed by atoms with Crippen LogP contribution >= 0.6 is 11.6 Å². The van der Waals surface area contributed by atoms with E-state index in [2.05, 4.69) is 0 Å². The third kappa shape index (κ3) is 3.30. The van der Waals surface area contributed by atoms with Gasteiger partial charge in [0, 0.05) is 12.1 Å². The average Bonchev–Trinajstić information content (AvgIpc) is 2.40. The van der Waals surface area contributed by atoms with Crippen molar-refractivity contribution in [1.29, 1.82) is 0 Å². The van der Waals surface area contributed by atoms with E-state index in [9.17, 15) is 18.4 Å². The Morgan fingerprint density at radius 2 is 1.75 bits per heavy atom. The molecule has 0 aliphatic rings. The fourth-order valence-corrected chi connectivity index (χ4v) is 1.78. The summed E-state index contributed by atoms with van der Waals surface area (Å²) >= 11 is 5.88. The highest BCUT2D eigenvalue weighted by Gasteiger charge is 2.31. The molecule has 104 valence electrons. The number of rotatable bonds is 2. The van der Waals surface area contributed by atoms with E-state index in [0.717, 1.165) is 18.3 Å². The number of hydrogen-bond donors (Lipinski definition) is 0. The minimum atomic E-state index is -4.48. The molecule has 2 nitrogen and oxygen atoms in total. The summed E-state index contributed by atoms with van der Waals surface area (Å²) in [6, 6.07) is 10.7. The zero-order valence-corrected chi connectivity index (χ0v) is 10.8. The molecule has 0 bridgehead atoms. The topological polar surface area (TPSA) is 26.1 Å². The maximum absolute atomic E-state index is 12.6. The van der Waals surface area contributed by atoms with E-state index in [0.29, 0.717) is 15.3 Å². The summed E-state index contributed by atoms with van der Waals surface area (Å²) in [6.07, 6.45) is -3.35. The van der Waals surface area contributed by atoms with Crippen LogP contribution in [0.1, 0.15) is 11.1 Å². The molecule has 2 aromatic carbocycles. The number of halogens is 4. The molecule has 20 heavy (non-hydrogen) atoms. The molecule has 0 N–H and O–H groups in total. The van der Waals surface area contributed by atoms with Gasteiger partial charge in [0.05, 0.1) is 16.1 Å². The summed E-state index contributed by atoms with van der Waals surface area (Å²) in [4.78, 5) is 0. The van der Waals surface area contributed by atoms with Gasteiger partial charge < -0.3 is 5.21 Å². The zero-order valence-electron chi connectivity index (χ0n) is 10.1. The number of hydrogen-bond acceptors (Lipinski definition) is 1. The summed E-state index contributed by atoms with van der Waals surface area (Å²) in [7, 11) is 0. The van der Waals surface area contributed by atoms with Crippen LogP contribution in [0.15, 0.2) is 48.5 Å². The van der Waals surface area contributed by atoms with E-state index in [-0.39, 0.29) is 5.69 Å². The SMILES string of the molecule is [O-][N+](=Cc1ccccc1Cl)c1cccc(C(F)(F)F)c1. The molecule has 0 spiro atoms. The Hall–Kier alpha value is -2.01. The Kier molecular flexibility index (Phi) is 3.99. The Bertz CT molecular complexity index is 653. The molecule has 0 aliphatic heterocycles. The van der Waals surface area contributed by atoms with Crippen molar-refractivity contribution in [1.82, 2.24) is 0 Å². The van der Waals surface area contributed by atoms with Crippen LogP contribution in [0.4, 0.5) is 18.9 Å². The maximum atomic E-state index is 12.6. The van der Waals surface area contributed by atoms with Crippen LogP contribution in [0.5, 0.6) is 0 Å². The molecule has 0 saturated carbocycles. The van der Waals surface area contributed by atoms with Crippen molar-refractivity contribution < 1.29 is 17.9 Å². The van der Waals surface area contributed by atoms with E-state index in [1.807, 2.05) is 0 Å². The molecule has 0 aliphatic carbocycles. The van der Waals surface area contributed by atoms with Gasteiger partial charge in [0.1, 0.15) is 0 Å². The Labute approximate surface area is 118 Å². The third-order valence-corrected chi connectivity index (χ3v) is 2.93. The molecule has 0 aromatic heterocycles.